The van der Waals surface area contributed by atoms with Gasteiger partial charge in [-0.3, -0.25) is 14.5 Å². The second-order valence-corrected chi connectivity index (χ2v) is 8.64. The van der Waals surface area contributed by atoms with Crippen LogP contribution >= 0.6 is 11.3 Å². The molecule has 3 aromatic rings. The number of carbonyl (C=O) groups excluding carboxylic acids is 2. The van der Waals surface area contributed by atoms with Gasteiger partial charge in [0.15, 0.2) is 16.6 Å². The van der Waals surface area contributed by atoms with Crippen LogP contribution < -0.4 is 19.1 Å². The number of ketones is 1. The molecule has 9 heteroatoms. The maximum Gasteiger partial charge on any atom is 0.301 e. The Kier molecular flexibility index (Phi) is 5.93. The van der Waals surface area contributed by atoms with Crippen LogP contribution in [0.15, 0.2) is 59.6 Å². The molecule has 34 heavy (non-hydrogen) atoms. The molecule has 0 saturated carbocycles. The zero-order valence-electron chi connectivity index (χ0n) is 18.4. The number of benzene rings is 2. The lowest BCUT2D eigenvalue weighted by Crippen LogP contribution is -2.29. The van der Waals surface area contributed by atoms with Gasteiger partial charge in [0.1, 0.15) is 24.7 Å². The summed E-state index contributed by atoms with van der Waals surface area (Å²) in [5.41, 5.74) is 0.955. The first-order valence-electron chi connectivity index (χ1n) is 10.9. The summed E-state index contributed by atoms with van der Waals surface area (Å²) < 4.78 is 16.9. The number of carbonyl (C=O) groups is 2. The molecule has 0 spiro atoms. The topological polar surface area (TPSA) is 98.2 Å². The SMILES string of the molecule is CCCOc1cccc(C2C(=C(O)c3ccc4c(c3)OCCO4)C(=O)C(=O)N2c2nccs2)c1. The molecule has 2 aliphatic heterocycles. The first-order chi connectivity index (χ1) is 16.6. The van der Waals surface area contributed by atoms with E-state index in [2.05, 4.69) is 4.98 Å². The first-order valence-corrected chi connectivity index (χ1v) is 11.8. The van der Waals surface area contributed by atoms with Crippen molar-refractivity contribution < 1.29 is 28.9 Å². The molecule has 8 nitrogen and oxygen atoms in total. The number of nitrogens with zero attached hydrogens (tertiary/aromatic N) is 2. The van der Waals surface area contributed by atoms with Crippen LogP contribution in [-0.2, 0) is 9.59 Å². The van der Waals surface area contributed by atoms with Gasteiger partial charge < -0.3 is 19.3 Å². The maximum atomic E-state index is 13.2. The molecule has 1 atom stereocenters. The fraction of sp³-hybridized carbons (Fsp3) is 0.240. The zero-order valence-corrected chi connectivity index (χ0v) is 19.2. The van der Waals surface area contributed by atoms with E-state index in [1.54, 1.807) is 48.0 Å². The van der Waals surface area contributed by atoms with E-state index in [1.165, 1.54) is 16.2 Å². The standard InChI is InChI=1S/C25H22N2O6S/c1-2-9-31-17-5-3-4-15(13-17)21-20(23(29)24(30)27(21)25-26-8-12-34-25)22(28)16-6-7-18-19(14-16)33-11-10-32-18/h3-8,12-14,21,28H,2,9-11H2,1H3. The van der Waals surface area contributed by atoms with Crippen LogP contribution in [0.4, 0.5) is 5.13 Å². The van der Waals surface area contributed by atoms with Crippen molar-refractivity contribution in [1.82, 2.24) is 4.98 Å². The number of hydrogen-bond donors (Lipinski definition) is 1. The number of fused-ring (bicyclic) bond motifs is 1. The van der Waals surface area contributed by atoms with Gasteiger partial charge in [-0.1, -0.05) is 19.1 Å². The molecule has 0 radical (unpaired) electrons. The monoisotopic (exact) mass is 478 g/mol. The second kappa shape index (κ2) is 9.18. The van der Waals surface area contributed by atoms with E-state index in [-0.39, 0.29) is 11.3 Å². The molecular weight excluding hydrogens is 456 g/mol. The number of rotatable bonds is 6. The predicted molar refractivity (Wildman–Crippen MR) is 127 cm³/mol. The third kappa shape index (κ3) is 3.88. The highest BCUT2D eigenvalue weighted by atomic mass is 32.1. The largest absolute Gasteiger partial charge is 0.507 e. The van der Waals surface area contributed by atoms with E-state index in [9.17, 15) is 14.7 Å². The molecule has 1 amide bonds. The minimum Gasteiger partial charge on any atom is -0.507 e. The summed E-state index contributed by atoms with van der Waals surface area (Å²) in [7, 11) is 0. The highest BCUT2D eigenvalue weighted by Gasteiger charge is 2.48. The molecular formula is C25H22N2O6S. The van der Waals surface area contributed by atoms with Gasteiger partial charge in [-0.2, -0.15) is 0 Å². The number of amides is 1. The van der Waals surface area contributed by atoms with E-state index in [4.69, 9.17) is 14.2 Å². The summed E-state index contributed by atoms with van der Waals surface area (Å²) in [5.74, 6) is -0.187. The fourth-order valence-corrected chi connectivity index (χ4v) is 4.69. The minimum absolute atomic E-state index is 0.0236. The Labute approximate surface area is 200 Å². The molecule has 0 aliphatic carbocycles. The Morgan fingerprint density at radius 2 is 2.00 bits per heavy atom. The number of Topliss-reactive ketones (excluding diaryl/α,β-unsaturated/α-hetero) is 1. The summed E-state index contributed by atoms with van der Waals surface area (Å²) in [6, 6.07) is 11.2. The Hall–Kier alpha value is -3.85. The van der Waals surface area contributed by atoms with E-state index >= 15 is 0 Å². The van der Waals surface area contributed by atoms with Crippen LogP contribution in [0.1, 0.15) is 30.5 Å². The smallest absolute Gasteiger partial charge is 0.301 e. The van der Waals surface area contributed by atoms with Crippen LogP contribution in [0.5, 0.6) is 17.2 Å². The Morgan fingerprint density at radius 1 is 1.18 bits per heavy atom. The molecule has 5 rings (SSSR count). The van der Waals surface area contributed by atoms with Gasteiger partial charge in [0.05, 0.1) is 18.2 Å². The van der Waals surface area contributed by atoms with E-state index in [0.717, 1.165) is 6.42 Å². The van der Waals surface area contributed by atoms with Crippen LogP contribution in [0.2, 0.25) is 0 Å². The zero-order chi connectivity index (χ0) is 23.7. The molecule has 3 heterocycles. The van der Waals surface area contributed by atoms with Crippen LogP contribution in [0.25, 0.3) is 5.76 Å². The van der Waals surface area contributed by atoms with Crippen molar-refractivity contribution >= 4 is 33.9 Å². The number of hydrogen-bond acceptors (Lipinski definition) is 8. The number of aliphatic hydroxyl groups is 1. The Morgan fingerprint density at radius 3 is 2.76 bits per heavy atom. The molecule has 1 aromatic heterocycles. The summed E-state index contributed by atoms with van der Waals surface area (Å²) in [4.78, 5) is 32.0. The third-order valence-electron chi connectivity index (χ3n) is 5.53. The summed E-state index contributed by atoms with van der Waals surface area (Å²) in [6.07, 6.45) is 2.41. The van der Waals surface area contributed by atoms with Crippen molar-refractivity contribution in [3.05, 3.63) is 70.7 Å². The van der Waals surface area contributed by atoms with Gasteiger partial charge in [0, 0.05) is 17.1 Å². The molecule has 1 fully saturated rings. The van der Waals surface area contributed by atoms with Crippen molar-refractivity contribution in [1.29, 1.82) is 0 Å². The van der Waals surface area contributed by atoms with Gasteiger partial charge in [0.25, 0.3) is 5.78 Å². The lowest BCUT2D eigenvalue weighted by atomic mass is 9.95. The molecule has 0 bridgehead atoms. The van der Waals surface area contributed by atoms with Crippen LogP contribution in [-0.4, -0.2) is 41.6 Å². The number of aliphatic hydroxyl groups excluding tert-OH is 1. The number of anilines is 1. The third-order valence-corrected chi connectivity index (χ3v) is 6.30. The summed E-state index contributed by atoms with van der Waals surface area (Å²) in [5, 5.41) is 13.4. The van der Waals surface area contributed by atoms with Crippen molar-refractivity contribution in [2.24, 2.45) is 0 Å². The number of thiazole rings is 1. The highest BCUT2D eigenvalue weighted by Crippen LogP contribution is 2.44. The fourth-order valence-electron chi connectivity index (χ4n) is 4.02. The van der Waals surface area contributed by atoms with Gasteiger partial charge in [0.2, 0.25) is 0 Å². The van der Waals surface area contributed by atoms with Crippen molar-refractivity contribution in [3.63, 3.8) is 0 Å². The lowest BCUT2D eigenvalue weighted by molar-refractivity contribution is -0.132. The average molecular weight is 479 g/mol. The maximum absolute atomic E-state index is 13.2. The second-order valence-electron chi connectivity index (χ2n) is 7.76. The normalized spacial score (nSPS) is 18.9. The quantitative estimate of drug-likeness (QED) is 0.320. The lowest BCUT2D eigenvalue weighted by Gasteiger charge is -2.23. The summed E-state index contributed by atoms with van der Waals surface area (Å²) in [6.45, 7) is 3.37. The van der Waals surface area contributed by atoms with Crippen molar-refractivity contribution in [2.45, 2.75) is 19.4 Å². The molecule has 2 aliphatic rings. The highest BCUT2D eigenvalue weighted by molar-refractivity contribution is 7.14. The van der Waals surface area contributed by atoms with Gasteiger partial charge >= 0.3 is 5.91 Å². The Bertz CT molecular complexity index is 1270. The van der Waals surface area contributed by atoms with E-state index < -0.39 is 17.7 Å². The molecule has 2 aromatic carbocycles. The molecule has 174 valence electrons. The van der Waals surface area contributed by atoms with Crippen molar-refractivity contribution in [3.8, 4) is 17.2 Å². The van der Waals surface area contributed by atoms with E-state index in [0.29, 0.717) is 53.3 Å². The minimum atomic E-state index is -0.871. The average Bonchev–Trinajstić information content (AvgIpc) is 3.49. The van der Waals surface area contributed by atoms with E-state index in [1.807, 2.05) is 13.0 Å². The molecule has 1 N–H and O–H groups in total. The molecule has 1 unspecified atom stereocenters. The van der Waals surface area contributed by atoms with Gasteiger partial charge in [-0.05, 0) is 42.3 Å². The first kappa shape index (κ1) is 22.0. The van der Waals surface area contributed by atoms with Crippen molar-refractivity contribution in [2.75, 3.05) is 24.7 Å². The van der Waals surface area contributed by atoms with Crippen LogP contribution in [0.3, 0.4) is 0 Å². The predicted octanol–water partition coefficient (Wildman–Crippen LogP) is 4.33. The van der Waals surface area contributed by atoms with Gasteiger partial charge in [-0.25, -0.2) is 4.98 Å². The van der Waals surface area contributed by atoms with Gasteiger partial charge in [-0.15, -0.1) is 11.3 Å². The summed E-state index contributed by atoms with van der Waals surface area (Å²) >= 11 is 1.24. The Balaban J connectivity index is 1.65. The number of aromatic nitrogens is 1. The van der Waals surface area contributed by atoms with Crippen LogP contribution in [0, 0.1) is 0 Å². The molecule has 1 saturated heterocycles. The number of ether oxygens (including phenoxy) is 3.